The molecule has 2 rings (SSSR count). The molecule has 1 aliphatic heterocycles. The average Bonchev–Trinajstić information content (AvgIpc) is 2.68. The van der Waals surface area contributed by atoms with Crippen LogP contribution in [-0.2, 0) is 9.53 Å². The Balaban J connectivity index is 2.22. The van der Waals surface area contributed by atoms with Crippen molar-refractivity contribution in [3.05, 3.63) is 17.0 Å². The number of rotatable bonds is 3. The van der Waals surface area contributed by atoms with E-state index in [1.807, 2.05) is 0 Å². The summed E-state index contributed by atoms with van der Waals surface area (Å²) < 4.78 is 10.2. The Morgan fingerprint density at radius 1 is 1.47 bits per heavy atom. The van der Waals surface area contributed by atoms with Crippen LogP contribution in [0.25, 0.3) is 0 Å². The third-order valence-electron chi connectivity index (χ3n) is 3.15. The molecule has 1 atom stereocenters. The monoisotopic (exact) mass is 268 g/mol. The predicted octanol–water partition coefficient (Wildman–Crippen LogP) is 0.607. The molecule has 0 bridgehead atoms. The lowest BCUT2D eigenvalue weighted by Crippen LogP contribution is -2.49. The molecule has 0 aliphatic carbocycles. The van der Waals surface area contributed by atoms with Crippen LogP contribution >= 0.6 is 0 Å². The lowest BCUT2D eigenvalue weighted by molar-refractivity contribution is -0.139. The van der Waals surface area contributed by atoms with Crippen LogP contribution in [0.4, 0.5) is 0 Å². The van der Waals surface area contributed by atoms with Gasteiger partial charge in [0, 0.05) is 6.54 Å². The van der Waals surface area contributed by atoms with Gasteiger partial charge in [0.25, 0.3) is 5.91 Å². The summed E-state index contributed by atoms with van der Waals surface area (Å²) in [5, 5.41) is 12.6. The van der Waals surface area contributed by atoms with Gasteiger partial charge in [-0.3, -0.25) is 9.59 Å². The smallest absolute Gasteiger partial charge is 0.305 e. The van der Waals surface area contributed by atoms with Crippen molar-refractivity contribution >= 4 is 11.9 Å². The van der Waals surface area contributed by atoms with E-state index in [0.717, 1.165) is 0 Å². The molecule has 1 amide bonds. The van der Waals surface area contributed by atoms with Crippen LogP contribution in [0.3, 0.4) is 0 Å². The predicted molar refractivity (Wildman–Crippen MR) is 63.9 cm³/mol. The maximum absolute atomic E-state index is 12.5. The van der Waals surface area contributed by atoms with Gasteiger partial charge in [0.05, 0.1) is 31.4 Å². The minimum absolute atomic E-state index is 0.130. The molecule has 7 heteroatoms. The van der Waals surface area contributed by atoms with Crippen LogP contribution in [0, 0.1) is 13.8 Å². The maximum atomic E-state index is 12.5. The zero-order chi connectivity index (χ0) is 14.0. The standard InChI is InChI=1S/C12H16N2O5/c1-7-11(8(2)19-13-7)12(17)14-3-4-18-6-9(14)5-10(15)16/h9H,3-6H2,1-2H3,(H,15,16)/t9-/m1/s1. The van der Waals surface area contributed by atoms with Crippen molar-refractivity contribution in [2.45, 2.75) is 26.3 Å². The SMILES string of the molecule is Cc1noc(C)c1C(=O)N1CCOC[C@H]1CC(=O)O. The van der Waals surface area contributed by atoms with Crippen LogP contribution in [0.5, 0.6) is 0 Å². The van der Waals surface area contributed by atoms with Gasteiger partial charge in [-0.25, -0.2) is 0 Å². The topological polar surface area (TPSA) is 92.9 Å². The van der Waals surface area contributed by atoms with Crippen LogP contribution in [0.2, 0.25) is 0 Å². The Morgan fingerprint density at radius 2 is 2.21 bits per heavy atom. The lowest BCUT2D eigenvalue weighted by Gasteiger charge is -2.34. The maximum Gasteiger partial charge on any atom is 0.305 e. The number of carboxylic acid groups (broad SMARTS) is 1. The third-order valence-corrected chi connectivity index (χ3v) is 3.15. The first-order valence-electron chi connectivity index (χ1n) is 6.04. The van der Waals surface area contributed by atoms with Crippen LogP contribution in [0.15, 0.2) is 4.52 Å². The Labute approximate surface area is 110 Å². The van der Waals surface area contributed by atoms with E-state index in [2.05, 4.69) is 5.16 Å². The molecule has 0 aromatic carbocycles. The van der Waals surface area contributed by atoms with Gasteiger partial charge in [-0.05, 0) is 13.8 Å². The molecule has 104 valence electrons. The molecule has 1 fully saturated rings. The molecular formula is C12H16N2O5. The molecule has 1 aromatic heterocycles. The molecule has 1 aliphatic rings. The van der Waals surface area contributed by atoms with Gasteiger partial charge in [0.15, 0.2) is 0 Å². The van der Waals surface area contributed by atoms with E-state index in [1.54, 1.807) is 13.8 Å². The first kappa shape index (κ1) is 13.5. The molecular weight excluding hydrogens is 252 g/mol. The van der Waals surface area contributed by atoms with Crippen LogP contribution < -0.4 is 0 Å². The number of amides is 1. The first-order chi connectivity index (χ1) is 9.00. The Kier molecular flexibility index (Phi) is 3.84. The molecule has 0 saturated carbocycles. The van der Waals surface area contributed by atoms with E-state index in [0.29, 0.717) is 30.2 Å². The molecule has 1 N–H and O–H groups in total. The zero-order valence-electron chi connectivity index (χ0n) is 10.9. The molecule has 0 spiro atoms. The summed E-state index contributed by atoms with van der Waals surface area (Å²) in [6.07, 6.45) is -0.130. The van der Waals surface area contributed by atoms with Crippen molar-refractivity contribution in [2.75, 3.05) is 19.8 Å². The summed E-state index contributed by atoms with van der Waals surface area (Å²) in [6, 6.07) is -0.451. The summed E-state index contributed by atoms with van der Waals surface area (Å²) in [5.74, 6) is -0.749. The highest BCUT2D eigenvalue weighted by atomic mass is 16.5. The molecule has 1 saturated heterocycles. The van der Waals surface area contributed by atoms with Gasteiger partial charge >= 0.3 is 5.97 Å². The Hall–Kier alpha value is -1.89. The fraction of sp³-hybridized carbons (Fsp3) is 0.583. The highest BCUT2D eigenvalue weighted by Crippen LogP contribution is 2.19. The van der Waals surface area contributed by atoms with Crippen molar-refractivity contribution < 1.29 is 24.0 Å². The zero-order valence-corrected chi connectivity index (χ0v) is 10.9. The first-order valence-corrected chi connectivity index (χ1v) is 6.04. The van der Waals surface area contributed by atoms with E-state index in [-0.39, 0.29) is 18.9 Å². The van der Waals surface area contributed by atoms with Gasteiger partial charge in [-0.15, -0.1) is 0 Å². The minimum atomic E-state index is -0.952. The number of aryl methyl sites for hydroxylation is 2. The quantitative estimate of drug-likeness (QED) is 0.863. The largest absolute Gasteiger partial charge is 0.481 e. The summed E-state index contributed by atoms with van der Waals surface area (Å²) in [4.78, 5) is 24.8. The fourth-order valence-corrected chi connectivity index (χ4v) is 2.22. The van der Waals surface area contributed by atoms with Crippen molar-refractivity contribution in [1.82, 2.24) is 10.1 Å². The number of nitrogens with zero attached hydrogens (tertiary/aromatic N) is 2. The van der Waals surface area contributed by atoms with E-state index in [1.165, 1.54) is 4.90 Å². The molecule has 0 unspecified atom stereocenters. The van der Waals surface area contributed by atoms with E-state index in [4.69, 9.17) is 14.4 Å². The number of aromatic nitrogens is 1. The van der Waals surface area contributed by atoms with Gasteiger partial charge in [-0.1, -0.05) is 5.16 Å². The number of hydrogen-bond acceptors (Lipinski definition) is 5. The molecule has 2 heterocycles. The van der Waals surface area contributed by atoms with Crippen LogP contribution in [-0.4, -0.2) is 52.8 Å². The number of aliphatic carboxylic acids is 1. The van der Waals surface area contributed by atoms with Gasteiger partial charge < -0.3 is 19.3 Å². The second kappa shape index (κ2) is 5.40. The molecule has 0 radical (unpaired) electrons. The molecule has 1 aromatic rings. The summed E-state index contributed by atoms with van der Waals surface area (Å²) in [5.41, 5.74) is 0.931. The van der Waals surface area contributed by atoms with Crippen molar-refractivity contribution in [1.29, 1.82) is 0 Å². The van der Waals surface area contributed by atoms with E-state index >= 15 is 0 Å². The Morgan fingerprint density at radius 3 is 2.79 bits per heavy atom. The van der Waals surface area contributed by atoms with Crippen molar-refractivity contribution in [2.24, 2.45) is 0 Å². The molecule has 7 nitrogen and oxygen atoms in total. The van der Waals surface area contributed by atoms with Gasteiger partial charge in [-0.2, -0.15) is 0 Å². The summed E-state index contributed by atoms with van der Waals surface area (Å²) in [7, 11) is 0. The number of carboxylic acids is 1. The van der Waals surface area contributed by atoms with E-state index in [9.17, 15) is 9.59 Å². The van der Waals surface area contributed by atoms with Crippen molar-refractivity contribution in [3.8, 4) is 0 Å². The number of hydrogen-bond donors (Lipinski definition) is 1. The number of morpholine rings is 1. The van der Waals surface area contributed by atoms with Gasteiger partial charge in [0.2, 0.25) is 0 Å². The summed E-state index contributed by atoms with van der Waals surface area (Å²) in [6.45, 7) is 4.38. The molecule has 19 heavy (non-hydrogen) atoms. The third kappa shape index (κ3) is 2.76. The highest BCUT2D eigenvalue weighted by molar-refractivity contribution is 5.96. The lowest BCUT2D eigenvalue weighted by atomic mass is 10.1. The van der Waals surface area contributed by atoms with Crippen molar-refractivity contribution in [3.63, 3.8) is 0 Å². The number of carbonyl (C=O) groups excluding carboxylic acids is 1. The van der Waals surface area contributed by atoms with Crippen LogP contribution in [0.1, 0.15) is 28.2 Å². The van der Waals surface area contributed by atoms with Gasteiger partial charge in [0.1, 0.15) is 11.3 Å². The van der Waals surface area contributed by atoms with E-state index < -0.39 is 12.0 Å². The minimum Gasteiger partial charge on any atom is -0.481 e. The number of ether oxygens (including phenoxy) is 1. The normalized spacial score (nSPS) is 19.5. The second-order valence-electron chi connectivity index (χ2n) is 4.52. The summed E-state index contributed by atoms with van der Waals surface area (Å²) >= 11 is 0. The highest BCUT2D eigenvalue weighted by Gasteiger charge is 2.32. The second-order valence-corrected chi connectivity index (χ2v) is 4.52. The fourth-order valence-electron chi connectivity index (χ4n) is 2.22. The number of carbonyl (C=O) groups is 2. The average molecular weight is 268 g/mol. The Bertz CT molecular complexity index is 477.